The molecule has 4 rings (SSSR count). The van der Waals surface area contributed by atoms with Crippen molar-refractivity contribution < 1.29 is 14.0 Å². The minimum Gasteiger partial charge on any atom is -0.353 e. The van der Waals surface area contributed by atoms with Gasteiger partial charge in [0.2, 0.25) is 5.91 Å². The maximum atomic E-state index is 13.2. The van der Waals surface area contributed by atoms with E-state index in [1.165, 1.54) is 18.3 Å². The van der Waals surface area contributed by atoms with Gasteiger partial charge in [-0.3, -0.25) is 14.6 Å². The smallest absolute Gasteiger partial charge is 0.253 e. The summed E-state index contributed by atoms with van der Waals surface area (Å²) in [5.74, 6) is -0.648. The number of hydrogen-bond acceptors (Lipinski definition) is 4. The van der Waals surface area contributed by atoms with Gasteiger partial charge in [0.25, 0.3) is 5.91 Å². The fraction of sp³-hybridized carbons (Fsp3) is 0.360. The highest BCUT2D eigenvalue weighted by Gasteiger charge is 2.27. The molecule has 1 fully saturated rings. The monoisotopic (exact) mass is 434 g/mol. The van der Waals surface area contributed by atoms with Gasteiger partial charge in [0.05, 0.1) is 18.0 Å². The summed E-state index contributed by atoms with van der Waals surface area (Å²) in [6, 6.07) is 9.35. The van der Waals surface area contributed by atoms with Gasteiger partial charge in [0, 0.05) is 30.4 Å². The third kappa shape index (κ3) is 5.49. The zero-order chi connectivity index (χ0) is 22.5. The van der Waals surface area contributed by atoms with Crippen LogP contribution in [-0.2, 0) is 4.79 Å². The van der Waals surface area contributed by atoms with E-state index in [0.717, 1.165) is 42.6 Å². The third-order valence-electron chi connectivity index (χ3n) is 5.99. The lowest BCUT2D eigenvalue weighted by Crippen LogP contribution is -2.46. The first-order valence-electron chi connectivity index (χ1n) is 10.9. The molecule has 2 amide bonds. The van der Waals surface area contributed by atoms with E-state index in [9.17, 15) is 14.0 Å². The molecule has 1 aromatic heterocycles. The Labute approximate surface area is 187 Å². The van der Waals surface area contributed by atoms with E-state index in [1.807, 2.05) is 0 Å². The SMILES string of the molecule is CN1CCC(NC(=O)CC(NC(=O)c2cccnc2)C2=C=C(c3ccc(F)cc3)C2)CC1. The second kappa shape index (κ2) is 9.90. The first-order chi connectivity index (χ1) is 15.5. The van der Waals surface area contributed by atoms with Crippen LogP contribution in [0.1, 0.15) is 41.6 Å². The highest BCUT2D eigenvalue weighted by Crippen LogP contribution is 2.32. The van der Waals surface area contributed by atoms with Gasteiger partial charge in [0.15, 0.2) is 0 Å². The van der Waals surface area contributed by atoms with Crippen molar-refractivity contribution in [2.24, 2.45) is 0 Å². The average Bonchev–Trinajstić information content (AvgIpc) is 2.76. The third-order valence-corrected chi connectivity index (χ3v) is 5.99. The van der Waals surface area contributed by atoms with E-state index >= 15 is 0 Å². The lowest BCUT2D eigenvalue weighted by Gasteiger charge is -2.30. The molecule has 1 aliphatic carbocycles. The fourth-order valence-electron chi connectivity index (χ4n) is 4.03. The molecule has 2 N–H and O–H groups in total. The summed E-state index contributed by atoms with van der Waals surface area (Å²) in [6.07, 6.45) is 5.69. The highest BCUT2D eigenvalue weighted by atomic mass is 19.1. The van der Waals surface area contributed by atoms with Crippen molar-refractivity contribution in [1.82, 2.24) is 20.5 Å². The molecule has 32 heavy (non-hydrogen) atoms. The lowest BCUT2D eigenvalue weighted by molar-refractivity contribution is -0.122. The van der Waals surface area contributed by atoms with E-state index in [-0.39, 0.29) is 30.1 Å². The van der Waals surface area contributed by atoms with E-state index < -0.39 is 6.04 Å². The number of carbonyl (C=O) groups excluding carboxylic acids is 2. The van der Waals surface area contributed by atoms with Crippen LogP contribution in [0.4, 0.5) is 4.39 Å². The zero-order valence-electron chi connectivity index (χ0n) is 18.1. The van der Waals surface area contributed by atoms with Crippen LogP contribution in [0, 0.1) is 5.82 Å². The topological polar surface area (TPSA) is 74.3 Å². The quantitative estimate of drug-likeness (QED) is 0.657. The molecule has 7 heteroatoms. The van der Waals surface area contributed by atoms with E-state index in [0.29, 0.717) is 12.0 Å². The predicted octanol–water partition coefficient (Wildman–Crippen LogP) is 2.93. The molecule has 0 saturated carbocycles. The Kier molecular flexibility index (Phi) is 6.78. The van der Waals surface area contributed by atoms with Crippen LogP contribution in [0.5, 0.6) is 0 Å². The molecule has 2 aliphatic rings. The number of halogens is 1. The summed E-state index contributed by atoms with van der Waals surface area (Å²) >= 11 is 0. The minimum atomic E-state index is -0.460. The van der Waals surface area contributed by atoms with Gasteiger partial charge in [-0.2, -0.15) is 0 Å². The van der Waals surface area contributed by atoms with Crippen molar-refractivity contribution in [2.75, 3.05) is 20.1 Å². The normalized spacial score (nSPS) is 17.6. The van der Waals surface area contributed by atoms with E-state index in [1.54, 1.807) is 30.5 Å². The van der Waals surface area contributed by atoms with Crippen LogP contribution in [0.3, 0.4) is 0 Å². The van der Waals surface area contributed by atoms with E-state index in [4.69, 9.17) is 0 Å². The number of nitrogens with one attached hydrogen (secondary N) is 2. The summed E-state index contributed by atoms with van der Waals surface area (Å²) in [7, 11) is 2.08. The Hall–Kier alpha value is -3.28. The van der Waals surface area contributed by atoms with Gasteiger partial charge >= 0.3 is 0 Å². The minimum absolute atomic E-state index is 0.0828. The number of pyridine rings is 1. The van der Waals surface area contributed by atoms with Crippen molar-refractivity contribution in [3.8, 4) is 0 Å². The number of aromatic nitrogens is 1. The molecule has 166 valence electrons. The van der Waals surface area contributed by atoms with Crippen molar-refractivity contribution >= 4 is 17.4 Å². The lowest BCUT2D eigenvalue weighted by atomic mass is 9.85. The second-order valence-electron chi connectivity index (χ2n) is 8.43. The standard InChI is InChI=1S/C25H27FN4O2/c1-30-11-8-22(9-12-30)28-24(31)15-23(29-25(32)18-3-2-10-27-16-18)20-13-19(14-20)17-4-6-21(26)7-5-17/h2-7,10,16,22-23H,8-9,11-13,15H2,1H3,(H,28,31)(H,29,32). The summed E-state index contributed by atoms with van der Waals surface area (Å²) < 4.78 is 13.2. The molecule has 0 spiro atoms. The molecular formula is C25H27FN4O2. The van der Waals surface area contributed by atoms with Crippen LogP contribution < -0.4 is 10.6 Å². The van der Waals surface area contributed by atoms with Gasteiger partial charge in [-0.25, -0.2) is 4.39 Å². The molecule has 0 bridgehead atoms. The summed E-state index contributed by atoms with van der Waals surface area (Å²) in [4.78, 5) is 31.7. The Morgan fingerprint density at radius 3 is 2.59 bits per heavy atom. The number of hydrogen-bond donors (Lipinski definition) is 2. The number of carbonyl (C=O) groups is 2. The Balaban J connectivity index is 1.48. The van der Waals surface area contributed by atoms with Gasteiger partial charge in [-0.1, -0.05) is 12.1 Å². The van der Waals surface area contributed by atoms with Crippen LogP contribution in [0.15, 0.2) is 60.1 Å². The van der Waals surface area contributed by atoms with Crippen molar-refractivity contribution in [3.63, 3.8) is 0 Å². The Bertz CT molecular complexity index is 1040. The van der Waals surface area contributed by atoms with Crippen LogP contribution >= 0.6 is 0 Å². The Morgan fingerprint density at radius 2 is 1.94 bits per heavy atom. The molecule has 1 aliphatic heterocycles. The van der Waals surface area contributed by atoms with Crippen molar-refractivity contribution in [1.29, 1.82) is 0 Å². The average molecular weight is 435 g/mol. The highest BCUT2D eigenvalue weighted by molar-refractivity contribution is 5.95. The van der Waals surface area contributed by atoms with Gasteiger partial charge < -0.3 is 15.5 Å². The molecule has 6 nitrogen and oxygen atoms in total. The summed E-state index contributed by atoms with van der Waals surface area (Å²) in [5.41, 5.74) is 6.42. The van der Waals surface area contributed by atoms with Gasteiger partial charge in [-0.15, -0.1) is 5.73 Å². The number of likely N-dealkylation sites (tertiary alicyclic amines) is 1. The van der Waals surface area contributed by atoms with E-state index in [2.05, 4.69) is 33.3 Å². The first kappa shape index (κ1) is 21.9. The number of nitrogens with zero attached hydrogens (tertiary/aromatic N) is 2. The largest absolute Gasteiger partial charge is 0.353 e. The molecule has 1 atom stereocenters. The summed E-state index contributed by atoms with van der Waals surface area (Å²) in [6.45, 7) is 1.92. The van der Waals surface area contributed by atoms with Gasteiger partial charge in [-0.05, 0) is 68.4 Å². The molecular weight excluding hydrogens is 407 g/mol. The maximum Gasteiger partial charge on any atom is 0.253 e. The zero-order valence-corrected chi connectivity index (χ0v) is 18.1. The van der Waals surface area contributed by atoms with Crippen LogP contribution in [0.25, 0.3) is 5.57 Å². The second-order valence-corrected chi connectivity index (χ2v) is 8.43. The van der Waals surface area contributed by atoms with Crippen molar-refractivity contribution in [2.45, 2.75) is 37.8 Å². The molecule has 2 heterocycles. The molecule has 1 unspecified atom stereocenters. The molecule has 0 radical (unpaired) electrons. The molecule has 1 saturated heterocycles. The predicted molar refractivity (Wildman–Crippen MR) is 120 cm³/mol. The molecule has 2 aromatic rings. The number of rotatable bonds is 7. The first-order valence-corrected chi connectivity index (χ1v) is 10.9. The summed E-state index contributed by atoms with van der Waals surface area (Å²) in [5, 5.41) is 6.09. The molecule has 1 aromatic carbocycles. The number of benzene rings is 1. The van der Waals surface area contributed by atoms with Crippen LogP contribution in [0.2, 0.25) is 0 Å². The van der Waals surface area contributed by atoms with Crippen molar-refractivity contribution in [3.05, 3.63) is 77.0 Å². The number of amides is 2. The fourth-order valence-corrected chi connectivity index (χ4v) is 4.03. The number of piperidine rings is 1. The van der Waals surface area contributed by atoms with Gasteiger partial charge in [0.1, 0.15) is 5.82 Å². The maximum absolute atomic E-state index is 13.2. The van der Waals surface area contributed by atoms with Crippen LogP contribution in [-0.4, -0.2) is 53.9 Å². The Morgan fingerprint density at radius 1 is 1.22 bits per heavy atom.